The molecular weight excluding hydrogens is 300 g/mol. The minimum absolute atomic E-state index is 0.101. The van der Waals surface area contributed by atoms with Gasteiger partial charge < -0.3 is 4.90 Å². The van der Waals surface area contributed by atoms with E-state index in [2.05, 4.69) is 4.72 Å². The summed E-state index contributed by atoms with van der Waals surface area (Å²) in [6.07, 6.45) is 0. The molecule has 2 aromatic carbocycles. The van der Waals surface area contributed by atoms with Crippen molar-refractivity contribution in [1.82, 2.24) is 0 Å². The van der Waals surface area contributed by atoms with Crippen LogP contribution in [-0.2, 0) is 10.0 Å². The number of hydrogen-bond donors (Lipinski definition) is 1. The number of Topliss-reactive ketones (excluding diaryl/α,β-unsaturated/α-hetero) is 1. The van der Waals surface area contributed by atoms with Crippen LogP contribution in [0.2, 0.25) is 0 Å². The Morgan fingerprint density at radius 3 is 1.95 bits per heavy atom. The van der Waals surface area contributed by atoms with Gasteiger partial charge in [0.2, 0.25) is 0 Å². The molecule has 0 aliphatic rings. The zero-order valence-corrected chi connectivity index (χ0v) is 13.5. The van der Waals surface area contributed by atoms with Gasteiger partial charge in [0.05, 0.1) is 4.90 Å². The van der Waals surface area contributed by atoms with Gasteiger partial charge in [0.15, 0.2) is 5.78 Å². The van der Waals surface area contributed by atoms with E-state index in [4.69, 9.17) is 0 Å². The average molecular weight is 318 g/mol. The molecule has 1 N–H and O–H groups in total. The van der Waals surface area contributed by atoms with Crippen LogP contribution in [0.15, 0.2) is 53.4 Å². The summed E-state index contributed by atoms with van der Waals surface area (Å²) in [6.45, 7) is 1.44. The van der Waals surface area contributed by atoms with Gasteiger partial charge in [-0.1, -0.05) is 12.1 Å². The smallest absolute Gasteiger partial charge is 0.261 e. The molecule has 0 bridgehead atoms. The third-order valence-electron chi connectivity index (χ3n) is 3.21. The van der Waals surface area contributed by atoms with Crippen LogP contribution in [0.1, 0.15) is 17.3 Å². The molecule has 0 amide bonds. The Hall–Kier alpha value is -2.34. The topological polar surface area (TPSA) is 66.5 Å². The molecule has 0 radical (unpaired) electrons. The maximum atomic E-state index is 12.3. The molecule has 0 saturated heterocycles. The van der Waals surface area contributed by atoms with Gasteiger partial charge in [-0.2, -0.15) is 0 Å². The monoisotopic (exact) mass is 318 g/mol. The van der Waals surface area contributed by atoms with Crippen LogP contribution in [-0.4, -0.2) is 28.3 Å². The molecule has 2 aromatic rings. The number of rotatable bonds is 5. The minimum Gasteiger partial charge on any atom is -0.378 e. The fraction of sp³-hybridized carbons (Fsp3) is 0.188. The van der Waals surface area contributed by atoms with Gasteiger partial charge in [-0.05, 0) is 43.3 Å². The third-order valence-corrected chi connectivity index (χ3v) is 4.60. The Morgan fingerprint density at radius 1 is 0.955 bits per heavy atom. The minimum atomic E-state index is -3.66. The van der Waals surface area contributed by atoms with Crippen LogP contribution in [0.3, 0.4) is 0 Å². The van der Waals surface area contributed by atoms with Crippen molar-refractivity contribution in [2.45, 2.75) is 11.8 Å². The summed E-state index contributed by atoms with van der Waals surface area (Å²) in [4.78, 5) is 13.3. The summed E-state index contributed by atoms with van der Waals surface area (Å²) in [7, 11) is 0.161. The molecule has 6 heteroatoms. The van der Waals surface area contributed by atoms with Gasteiger partial charge >= 0.3 is 0 Å². The van der Waals surface area contributed by atoms with E-state index in [0.29, 0.717) is 11.3 Å². The first-order valence-corrected chi connectivity index (χ1v) is 8.19. The standard InChI is InChI=1S/C16H18N2O3S/c1-12(19)13-4-10-16(11-5-13)22(20,21)17-14-6-8-15(9-7-14)18(2)3/h4-11,17H,1-3H3. The van der Waals surface area contributed by atoms with Crippen LogP contribution in [0, 0.1) is 0 Å². The number of carbonyl (C=O) groups is 1. The molecule has 0 aliphatic heterocycles. The number of hydrogen-bond acceptors (Lipinski definition) is 4. The van der Waals surface area contributed by atoms with Crippen molar-refractivity contribution >= 4 is 27.2 Å². The summed E-state index contributed by atoms with van der Waals surface area (Å²) in [5.74, 6) is -0.101. The van der Waals surface area contributed by atoms with Crippen LogP contribution in [0.4, 0.5) is 11.4 Å². The van der Waals surface area contributed by atoms with Crippen molar-refractivity contribution in [2.75, 3.05) is 23.7 Å². The van der Waals surface area contributed by atoms with E-state index in [0.717, 1.165) is 5.69 Å². The Labute approximate surface area is 130 Å². The summed E-state index contributed by atoms with van der Waals surface area (Å²) in [5.41, 5.74) is 1.95. The fourth-order valence-corrected chi connectivity index (χ4v) is 2.97. The first kappa shape index (κ1) is 16.0. The van der Waals surface area contributed by atoms with E-state index in [9.17, 15) is 13.2 Å². The van der Waals surface area contributed by atoms with Crippen molar-refractivity contribution < 1.29 is 13.2 Å². The molecule has 2 rings (SSSR count). The van der Waals surface area contributed by atoms with Crippen molar-refractivity contribution in [3.8, 4) is 0 Å². The zero-order valence-electron chi connectivity index (χ0n) is 12.7. The van der Waals surface area contributed by atoms with E-state index in [1.54, 1.807) is 12.1 Å². The second-order valence-corrected chi connectivity index (χ2v) is 6.81. The Kier molecular flexibility index (Phi) is 4.51. The lowest BCUT2D eigenvalue weighted by Crippen LogP contribution is -2.13. The Bertz CT molecular complexity index is 764. The number of carbonyl (C=O) groups excluding carboxylic acids is 1. The summed E-state index contributed by atoms with van der Waals surface area (Å²) < 4.78 is 27.1. The third kappa shape index (κ3) is 3.65. The van der Waals surface area contributed by atoms with E-state index in [1.807, 2.05) is 31.1 Å². The molecule has 0 spiro atoms. The number of sulfonamides is 1. The number of benzene rings is 2. The van der Waals surface area contributed by atoms with Crippen LogP contribution < -0.4 is 9.62 Å². The highest BCUT2D eigenvalue weighted by molar-refractivity contribution is 7.92. The highest BCUT2D eigenvalue weighted by atomic mass is 32.2. The number of nitrogens with zero attached hydrogens (tertiary/aromatic N) is 1. The quantitative estimate of drug-likeness (QED) is 0.861. The number of nitrogens with one attached hydrogen (secondary N) is 1. The molecule has 0 heterocycles. The van der Waals surface area contributed by atoms with Crippen LogP contribution in [0.5, 0.6) is 0 Å². The molecule has 116 valence electrons. The Balaban J connectivity index is 2.21. The van der Waals surface area contributed by atoms with Crippen molar-refractivity contribution in [3.05, 3.63) is 54.1 Å². The van der Waals surface area contributed by atoms with Crippen LogP contribution in [0.25, 0.3) is 0 Å². The largest absolute Gasteiger partial charge is 0.378 e. The first-order chi connectivity index (χ1) is 10.3. The fourth-order valence-electron chi connectivity index (χ4n) is 1.91. The predicted molar refractivity (Wildman–Crippen MR) is 88.0 cm³/mol. The highest BCUT2D eigenvalue weighted by Gasteiger charge is 2.14. The summed E-state index contributed by atoms with van der Waals surface area (Å²) >= 11 is 0. The second-order valence-electron chi connectivity index (χ2n) is 5.13. The predicted octanol–water partition coefficient (Wildman–Crippen LogP) is 2.76. The first-order valence-electron chi connectivity index (χ1n) is 6.71. The lowest BCUT2D eigenvalue weighted by Gasteiger charge is -2.13. The second kappa shape index (κ2) is 6.19. The van der Waals surface area contributed by atoms with Gasteiger partial charge in [-0.25, -0.2) is 8.42 Å². The maximum Gasteiger partial charge on any atom is 0.261 e. The number of ketones is 1. The molecule has 0 aromatic heterocycles. The van der Waals surface area contributed by atoms with E-state index in [1.165, 1.54) is 31.2 Å². The molecule has 0 saturated carbocycles. The zero-order chi connectivity index (χ0) is 16.3. The SMILES string of the molecule is CC(=O)c1ccc(S(=O)(=O)Nc2ccc(N(C)C)cc2)cc1. The molecule has 0 fully saturated rings. The van der Waals surface area contributed by atoms with Gasteiger partial charge in [-0.3, -0.25) is 9.52 Å². The van der Waals surface area contributed by atoms with Crippen molar-refractivity contribution in [2.24, 2.45) is 0 Å². The summed E-state index contributed by atoms with van der Waals surface area (Å²) in [6, 6.07) is 12.9. The van der Waals surface area contributed by atoms with Gasteiger partial charge in [0.1, 0.15) is 0 Å². The van der Waals surface area contributed by atoms with E-state index >= 15 is 0 Å². The van der Waals surface area contributed by atoms with Crippen molar-refractivity contribution in [3.63, 3.8) is 0 Å². The van der Waals surface area contributed by atoms with Crippen molar-refractivity contribution in [1.29, 1.82) is 0 Å². The lowest BCUT2D eigenvalue weighted by molar-refractivity contribution is 0.101. The molecule has 0 aliphatic carbocycles. The maximum absolute atomic E-state index is 12.3. The van der Waals surface area contributed by atoms with E-state index in [-0.39, 0.29) is 10.7 Å². The van der Waals surface area contributed by atoms with Gasteiger partial charge in [0, 0.05) is 31.0 Å². The average Bonchev–Trinajstić information content (AvgIpc) is 2.47. The van der Waals surface area contributed by atoms with Gasteiger partial charge in [0.25, 0.3) is 10.0 Å². The molecule has 0 atom stereocenters. The normalized spacial score (nSPS) is 11.0. The molecule has 22 heavy (non-hydrogen) atoms. The molecule has 0 unspecified atom stereocenters. The lowest BCUT2D eigenvalue weighted by atomic mass is 10.2. The Morgan fingerprint density at radius 2 is 1.50 bits per heavy atom. The highest BCUT2D eigenvalue weighted by Crippen LogP contribution is 2.20. The molecular formula is C16H18N2O3S. The summed E-state index contributed by atoms with van der Waals surface area (Å²) in [5, 5.41) is 0. The molecule has 5 nitrogen and oxygen atoms in total. The van der Waals surface area contributed by atoms with Crippen LogP contribution >= 0.6 is 0 Å². The number of anilines is 2. The van der Waals surface area contributed by atoms with Gasteiger partial charge in [-0.15, -0.1) is 0 Å². The van der Waals surface area contributed by atoms with E-state index < -0.39 is 10.0 Å².